The third kappa shape index (κ3) is 4.98. The monoisotopic (exact) mass is 469 g/mol. The van der Waals surface area contributed by atoms with Gasteiger partial charge in [-0.3, -0.25) is 4.79 Å². The largest absolute Gasteiger partial charge is 0.478 e. The zero-order valence-electron chi connectivity index (χ0n) is 19.2. The number of nitrogens with zero attached hydrogens (tertiary/aromatic N) is 2. The van der Waals surface area contributed by atoms with E-state index in [1.54, 1.807) is 50.3 Å². The summed E-state index contributed by atoms with van der Waals surface area (Å²) in [6.07, 6.45) is -1.36. The molecule has 0 bridgehead atoms. The molecule has 1 unspecified atom stereocenters. The van der Waals surface area contributed by atoms with Gasteiger partial charge in [0.15, 0.2) is 0 Å². The minimum Gasteiger partial charge on any atom is -0.478 e. The number of hydrogen-bond donors (Lipinski definition) is 2. The SMILES string of the molecule is C=Cc1cc(Oc2c(C(=O)NC(C)c3ccc(C(=O)O)c(C)c3)c(C(F)F)nn2C)ccc1C. The van der Waals surface area contributed by atoms with Gasteiger partial charge in [0.25, 0.3) is 12.3 Å². The van der Waals surface area contributed by atoms with Crippen molar-refractivity contribution in [2.75, 3.05) is 0 Å². The summed E-state index contributed by atoms with van der Waals surface area (Å²) in [6, 6.07) is 9.18. The van der Waals surface area contributed by atoms with Crippen LogP contribution in [0.2, 0.25) is 0 Å². The molecule has 1 heterocycles. The zero-order valence-corrected chi connectivity index (χ0v) is 19.2. The number of amides is 1. The molecule has 0 aliphatic rings. The molecule has 0 spiro atoms. The minimum atomic E-state index is -3.00. The van der Waals surface area contributed by atoms with E-state index in [2.05, 4.69) is 17.0 Å². The molecule has 0 radical (unpaired) electrons. The van der Waals surface area contributed by atoms with Gasteiger partial charge in [-0.2, -0.15) is 5.10 Å². The predicted molar refractivity (Wildman–Crippen MR) is 124 cm³/mol. The van der Waals surface area contributed by atoms with Gasteiger partial charge in [0.05, 0.1) is 11.6 Å². The van der Waals surface area contributed by atoms with Gasteiger partial charge in [0.1, 0.15) is 17.0 Å². The lowest BCUT2D eigenvalue weighted by molar-refractivity contribution is 0.0695. The molecule has 34 heavy (non-hydrogen) atoms. The first kappa shape index (κ1) is 24.6. The van der Waals surface area contributed by atoms with Crippen molar-refractivity contribution in [3.05, 3.63) is 82.1 Å². The molecular formula is C25H25F2N3O4. The number of aryl methyl sites for hydroxylation is 3. The highest BCUT2D eigenvalue weighted by Gasteiger charge is 2.30. The van der Waals surface area contributed by atoms with Crippen LogP contribution in [-0.2, 0) is 7.05 Å². The van der Waals surface area contributed by atoms with E-state index in [9.17, 15) is 23.5 Å². The first-order valence-corrected chi connectivity index (χ1v) is 10.4. The first-order valence-electron chi connectivity index (χ1n) is 10.4. The highest BCUT2D eigenvalue weighted by atomic mass is 19.3. The Labute approximate surface area is 195 Å². The van der Waals surface area contributed by atoms with Crippen molar-refractivity contribution in [3.8, 4) is 11.6 Å². The second-order valence-corrected chi connectivity index (χ2v) is 7.89. The van der Waals surface area contributed by atoms with Crippen LogP contribution in [0.4, 0.5) is 8.78 Å². The molecule has 178 valence electrons. The fraction of sp³-hybridized carbons (Fsp3) is 0.240. The normalized spacial score (nSPS) is 11.9. The van der Waals surface area contributed by atoms with Gasteiger partial charge in [-0.15, -0.1) is 0 Å². The lowest BCUT2D eigenvalue weighted by atomic mass is 10.0. The lowest BCUT2D eigenvalue weighted by Crippen LogP contribution is -2.28. The summed E-state index contributed by atoms with van der Waals surface area (Å²) in [7, 11) is 1.41. The van der Waals surface area contributed by atoms with Gasteiger partial charge < -0.3 is 15.2 Å². The fourth-order valence-corrected chi connectivity index (χ4v) is 3.57. The summed E-state index contributed by atoms with van der Waals surface area (Å²) < 4.78 is 34.4. The molecule has 2 N–H and O–H groups in total. The van der Waals surface area contributed by atoms with Crippen molar-refractivity contribution >= 4 is 18.0 Å². The van der Waals surface area contributed by atoms with Crippen LogP contribution >= 0.6 is 0 Å². The smallest absolute Gasteiger partial charge is 0.335 e. The number of rotatable bonds is 8. The van der Waals surface area contributed by atoms with Crippen LogP contribution < -0.4 is 10.1 Å². The molecule has 7 nitrogen and oxygen atoms in total. The van der Waals surface area contributed by atoms with E-state index in [4.69, 9.17) is 4.74 Å². The molecule has 3 rings (SSSR count). The first-order chi connectivity index (χ1) is 16.0. The molecule has 0 fully saturated rings. The van der Waals surface area contributed by atoms with Crippen LogP contribution in [0.5, 0.6) is 11.6 Å². The topological polar surface area (TPSA) is 93.4 Å². The van der Waals surface area contributed by atoms with E-state index >= 15 is 0 Å². The van der Waals surface area contributed by atoms with Crippen LogP contribution in [-0.4, -0.2) is 26.8 Å². The Bertz CT molecular complexity index is 1270. The number of aromatic nitrogens is 2. The molecule has 1 amide bonds. The molecule has 2 aromatic carbocycles. The van der Waals surface area contributed by atoms with E-state index in [1.165, 1.54) is 13.1 Å². The minimum absolute atomic E-state index is 0.128. The standard InChI is InChI=1S/C25H25F2N3O4/c1-6-16-12-18(9-7-13(16)2)34-24-20(21(22(26)27)29-30(24)5)23(31)28-15(4)17-8-10-19(25(32)33)14(3)11-17/h6-12,15,22H,1H2,2-5H3,(H,28,31)(H,32,33). The second-order valence-electron chi connectivity index (χ2n) is 7.89. The third-order valence-electron chi connectivity index (χ3n) is 5.47. The maximum Gasteiger partial charge on any atom is 0.335 e. The van der Waals surface area contributed by atoms with Crippen molar-refractivity contribution in [1.82, 2.24) is 15.1 Å². The van der Waals surface area contributed by atoms with Crippen LogP contribution in [0.3, 0.4) is 0 Å². The van der Waals surface area contributed by atoms with Crippen molar-refractivity contribution in [1.29, 1.82) is 0 Å². The number of carbonyl (C=O) groups excluding carboxylic acids is 1. The zero-order chi connectivity index (χ0) is 25.2. The van der Waals surface area contributed by atoms with Crippen LogP contribution in [0.25, 0.3) is 6.08 Å². The highest BCUT2D eigenvalue weighted by molar-refractivity contribution is 5.98. The van der Waals surface area contributed by atoms with Crippen molar-refractivity contribution in [3.63, 3.8) is 0 Å². The molecule has 1 aromatic heterocycles. The molecule has 1 atom stereocenters. The maximum atomic E-state index is 13.7. The van der Waals surface area contributed by atoms with E-state index in [1.807, 2.05) is 6.92 Å². The molecule has 0 aliphatic heterocycles. The van der Waals surface area contributed by atoms with Gasteiger partial charge in [0.2, 0.25) is 5.88 Å². The summed E-state index contributed by atoms with van der Waals surface area (Å²) in [4.78, 5) is 24.4. The molecule has 3 aromatic rings. The van der Waals surface area contributed by atoms with Crippen LogP contribution in [0.15, 0.2) is 43.0 Å². The Balaban J connectivity index is 1.95. The number of alkyl halides is 2. The number of carboxylic acid groups (broad SMARTS) is 1. The summed E-state index contributed by atoms with van der Waals surface area (Å²) in [5.41, 5.74) is 1.96. The van der Waals surface area contributed by atoms with Gasteiger partial charge in [-0.05, 0) is 61.2 Å². The third-order valence-corrected chi connectivity index (χ3v) is 5.47. The van der Waals surface area contributed by atoms with Crippen molar-refractivity contribution in [2.24, 2.45) is 7.05 Å². The van der Waals surface area contributed by atoms with E-state index in [0.29, 0.717) is 16.9 Å². The summed E-state index contributed by atoms with van der Waals surface area (Å²) >= 11 is 0. The Kier molecular flexibility index (Phi) is 7.14. The molecule has 0 saturated heterocycles. The van der Waals surface area contributed by atoms with Gasteiger partial charge in [0, 0.05) is 7.05 Å². The number of halogens is 2. The number of carbonyl (C=O) groups is 2. The van der Waals surface area contributed by atoms with E-state index < -0.39 is 30.0 Å². The number of hydrogen-bond acceptors (Lipinski definition) is 4. The number of ether oxygens (including phenoxy) is 1. The molecular weight excluding hydrogens is 444 g/mol. The number of nitrogens with one attached hydrogen (secondary N) is 1. The van der Waals surface area contributed by atoms with E-state index in [-0.39, 0.29) is 17.0 Å². The van der Waals surface area contributed by atoms with Crippen molar-refractivity contribution < 1.29 is 28.2 Å². The van der Waals surface area contributed by atoms with Crippen LogP contribution in [0, 0.1) is 13.8 Å². The highest BCUT2D eigenvalue weighted by Crippen LogP contribution is 2.33. The average Bonchev–Trinajstić information content (AvgIpc) is 3.11. The summed E-state index contributed by atoms with van der Waals surface area (Å²) in [5.74, 6) is -1.64. The average molecular weight is 469 g/mol. The summed E-state index contributed by atoms with van der Waals surface area (Å²) in [6.45, 7) is 8.95. The second kappa shape index (κ2) is 9.86. The number of carboxylic acids is 1. The molecule has 0 saturated carbocycles. The quantitative estimate of drug-likeness (QED) is 0.448. The van der Waals surface area contributed by atoms with Crippen LogP contribution in [0.1, 0.15) is 68.1 Å². The Morgan fingerprint density at radius 1 is 1.18 bits per heavy atom. The lowest BCUT2D eigenvalue weighted by Gasteiger charge is -2.17. The van der Waals surface area contributed by atoms with Gasteiger partial charge >= 0.3 is 5.97 Å². The molecule has 0 aliphatic carbocycles. The summed E-state index contributed by atoms with van der Waals surface area (Å²) in [5, 5.41) is 15.7. The Morgan fingerprint density at radius 3 is 2.47 bits per heavy atom. The van der Waals surface area contributed by atoms with E-state index in [0.717, 1.165) is 15.8 Å². The number of benzene rings is 2. The van der Waals surface area contributed by atoms with Gasteiger partial charge in [-0.25, -0.2) is 18.3 Å². The maximum absolute atomic E-state index is 13.7. The van der Waals surface area contributed by atoms with Crippen molar-refractivity contribution in [2.45, 2.75) is 33.2 Å². The number of aromatic carboxylic acids is 1. The fourth-order valence-electron chi connectivity index (χ4n) is 3.57. The Hall–Kier alpha value is -4.01. The Morgan fingerprint density at radius 2 is 1.88 bits per heavy atom. The van der Waals surface area contributed by atoms with Gasteiger partial charge in [-0.1, -0.05) is 30.9 Å². The molecule has 9 heteroatoms. The predicted octanol–water partition coefficient (Wildman–Crippen LogP) is 5.60.